The van der Waals surface area contributed by atoms with Crippen LogP contribution in [0, 0.1) is 0 Å². The topological polar surface area (TPSA) is 93.0 Å². The SMILES string of the molecule is CCCCOCCNC(=O)c1n[nH]c(C(C)C)c1N. The average Bonchev–Trinajstić information content (AvgIpc) is 2.75. The van der Waals surface area contributed by atoms with Crippen LogP contribution in [0.1, 0.15) is 55.7 Å². The lowest BCUT2D eigenvalue weighted by atomic mass is 10.1. The largest absolute Gasteiger partial charge is 0.395 e. The molecule has 0 spiro atoms. The Kier molecular flexibility index (Phi) is 6.35. The number of hydrogen-bond acceptors (Lipinski definition) is 4. The molecule has 19 heavy (non-hydrogen) atoms. The van der Waals surface area contributed by atoms with Gasteiger partial charge in [0.05, 0.1) is 18.0 Å². The Bertz CT molecular complexity index is 401. The average molecular weight is 268 g/mol. The van der Waals surface area contributed by atoms with Gasteiger partial charge in [-0.15, -0.1) is 0 Å². The van der Waals surface area contributed by atoms with Crippen molar-refractivity contribution in [2.24, 2.45) is 0 Å². The van der Waals surface area contributed by atoms with E-state index in [1.54, 1.807) is 0 Å². The third kappa shape index (κ3) is 4.55. The van der Waals surface area contributed by atoms with Gasteiger partial charge in [0.1, 0.15) is 0 Å². The number of nitrogens with two attached hydrogens (primary N) is 1. The molecule has 1 rings (SSSR count). The monoisotopic (exact) mass is 268 g/mol. The molecule has 1 heterocycles. The summed E-state index contributed by atoms with van der Waals surface area (Å²) in [6.45, 7) is 7.80. The van der Waals surface area contributed by atoms with Gasteiger partial charge in [-0.25, -0.2) is 0 Å². The Morgan fingerprint density at radius 1 is 1.47 bits per heavy atom. The number of H-pyrrole nitrogens is 1. The van der Waals surface area contributed by atoms with Crippen molar-refractivity contribution in [2.45, 2.75) is 39.5 Å². The zero-order chi connectivity index (χ0) is 14.3. The van der Waals surface area contributed by atoms with Crippen LogP contribution in [0.3, 0.4) is 0 Å². The highest BCUT2D eigenvalue weighted by Crippen LogP contribution is 2.21. The summed E-state index contributed by atoms with van der Waals surface area (Å²) in [7, 11) is 0. The summed E-state index contributed by atoms with van der Waals surface area (Å²) in [6, 6.07) is 0. The Balaban J connectivity index is 2.37. The zero-order valence-electron chi connectivity index (χ0n) is 12.0. The lowest BCUT2D eigenvalue weighted by molar-refractivity contribution is 0.0909. The van der Waals surface area contributed by atoms with Gasteiger partial charge in [0.2, 0.25) is 0 Å². The van der Waals surface area contributed by atoms with Crippen LogP contribution in [0.25, 0.3) is 0 Å². The van der Waals surface area contributed by atoms with Gasteiger partial charge in [-0.3, -0.25) is 9.89 Å². The molecule has 0 aliphatic rings. The normalized spacial score (nSPS) is 10.9. The number of nitrogens with zero attached hydrogens (tertiary/aromatic N) is 1. The minimum absolute atomic E-state index is 0.214. The van der Waals surface area contributed by atoms with Crippen molar-refractivity contribution in [3.63, 3.8) is 0 Å². The molecule has 1 amide bonds. The second-order valence-corrected chi connectivity index (χ2v) is 4.78. The number of nitrogen functional groups attached to an aromatic ring is 1. The Hall–Kier alpha value is -1.56. The first-order valence-corrected chi connectivity index (χ1v) is 6.77. The minimum Gasteiger partial charge on any atom is -0.395 e. The van der Waals surface area contributed by atoms with E-state index >= 15 is 0 Å². The molecular weight excluding hydrogens is 244 g/mol. The van der Waals surface area contributed by atoms with Crippen molar-refractivity contribution < 1.29 is 9.53 Å². The van der Waals surface area contributed by atoms with Gasteiger partial charge >= 0.3 is 0 Å². The summed E-state index contributed by atoms with van der Waals surface area (Å²) < 4.78 is 5.36. The molecule has 4 N–H and O–H groups in total. The van der Waals surface area contributed by atoms with Gasteiger partial charge in [0, 0.05) is 13.2 Å². The number of unbranched alkanes of at least 4 members (excludes halogenated alkanes) is 1. The number of amides is 1. The van der Waals surface area contributed by atoms with Crippen molar-refractivity contribution >= 4 is 11.6 Å². The molecule has 0 radical (unpaired) electrons. The highest BCUT2D eigenvalue weighted by Gasteiger charge is 2.18. The number of carbonyl (C=O) groups excluding carboxylic acids is 1. The summed E-state index contributed by atoms with van der Waals surface area (Å²) in [5.74, 6) is -0.0498. The van der Waals surface area contributed by atoms with Crippen molar-refractivity contribution in [1.82, 2.24) is 15.5 Å². The summed E-state index contributed by atoms with van der Waals surface area (Å²) in [4.78, 5) is 11.9. The number of nitrogens with one attached hydrogen (secondary N) is 2. The number of carbonyl (C=O) groups is 1. The third-order valence-corrected chi connectivity index (χ3v) is 2.80. The molecule has 6 heteroatoms. The van der Waals surface area contributed by atoms with Crippen LogP contribution >= 0.6 is 0 Å². The van der Waals surface area contributed by atoms with Crippen LogP contribution in [0.4, 0.5) is 5.69 Å². The van der Waals surface area contributed by atoms with Crippen LogP contribution in [0.2, 0.25) is 0 Å². The van der Waals surface area contributed by atoms with Crippen molar-refractivity contribution in [3.05, 3.63) is 11.4 Å². The van der Waals surface area contributed by atoms with Crippen LogP contribution in [-0.4, -0.2) is 35.9 Å². The predicted molar refractivity (Wildman–Crippen MR) is 75.1 cm³/mol. The van der Waals surface area contributed by atoms with Gasteiger partial charge in [0.15, 0.2) is 5.69 Å². The zero-order valence-corrected chi connectivity index (χ0v) is 12.0. The second kappa shape index (κ2) is 7.78. The number of anilines is 1. The molecule has 1 aromatic heterocycles. The maximum absolute atomic E-state index is 11.9. The Labute approximate surface area is 114 Å². The molecule has 0 aromatic carbocycles. The number of rotatable bonds is 8. The smallest absolute Gasteiger partial charge is 0.274 e. The van der Waals surface area contributed by atoms with E-state index < -0.39 is 0 Å². The van der Waals surface area contributed by atoms with Gasteiger partial charge in [0.25, 0.3) is 5.91 Å². The van der Waals surface area contributed by atoms with E-state index in [2.05, 4.69) is 22.4 Å². The van der Waals surface area contributed by atoms with Gasteiger partial charge in [-0.05, 0) is 12.3 Å². The molecule has 0 saturated carbocycles. The molecule has 0 fully saturated rings. The molecule has 1 aromatic rings. The first kappa shape index (κ1) is 15.5. The van der Waals surface area contributed by atoms with E-state index in [0.29, 0.717) is 18.8 Å². The van der Waals surface area contributed by atoms with E-state index in [0.717, 1.165) is 25.1 Å². The molecular formula is C13H24N4O2. The Morgan fingerprint density at radius 3 is 2.79 bits per heavy atom. The van der Waals surface area contributed by atoms with E-state index in [1.165, 1.54) is 0 Å². The Morgan fingerprint density at radius 2 is 2.21 bits per heavy atom. The molecule has 0 bridgehead atoms. The van der Waals surface area contributed by atoms with Crippen LogP contribution in [0.5, 0.6) is 0 Å². The van der Waals surface area contributed by atoms with E-state index in [9.17, 15) is 4.79 Å². The fraction of sp³-hybridized carbons (Fsp3) is 0.692. The van der Waals surface area contributed by atoms with Gasteiger partial charge in [-0.2, -0.15) is 5.10 Å². The lowest BCUT2D eigenvalue weighted by Crippen LogP contribution is -2.28. The first-order chi connectivity index (χ1) is 9.07. The summed E-state index contributed by atoms with van der Waals surface area (Å²) in [6.07, 6.45) is 2.14. The molecule has 0 saturated heterocycles. The highest BCUT2D eigenvalue weighted by atomic mass is 16.5. The molecule has 6 nitrogen and oxygen atoms in total. The van der Waals surface area contributed by atoms with Crippen molar-refractivity contribution in [2.75, 3.05) is 25.5 Å². The number of hydrogen-bond donors (Lipinski definition) is 3. The number of aromatic amines is 1. The van der Waals surface area contributed by atoms with Crippen LogP contribution < -0.4 is 11.1 Å². The van der Waals surface area contributed by atoms with E-state index in [1.807, 2.05) is 13.8 Å². The van der Waals surface area contributed by atoms with Crippen molar-refractivity contribution in [1.29, 1.82) is 0 Å². The first-order valence-electron chi connectivity index (χ1n) is 6.77. The van der Waals surface area contributed by atoms with Crippen molar-refractivity contribution in [3.8, 4) is 0 Å². The lowest BCUT2D eigenvalue weighted by Gasteiger charge is -2.06. The summed E-state index contributed by atoms with van der Waals surface area (Å²) in [5, 5.41) is 9.51. The molecule has 0 aliphatic heterocycles. The fourth-order valence-corrected chi connectivity index (χ4v) is 1.65. The minimum atomic E-state index is -0.264. The van der Waals surface area contributed by atoms with Gasteiger partial charge in [-0.1, -0.05) is 27.2 Å². The predicted octanol–water partition coefficient (Wildman–Crippen LogP) is 1.66. The maximum atomic E-state index is 11.9. The number of ether oxygens (including phenoxy) is 1. The van der Waals surface area contributed by atoms with Gasteiger partial charge < -0.3 is 15.8 Å². The molecule has 0 aliphatic carbocycles. The molecule has 108 valence electrons. The maximum Gasteiger partial charge on any atom is 0.274 e. The number of aromatic nitrogens is 2. The standard InChI is InChI=1S/C13H24N4O2/c1-4-5-7-19-8-6-15-13(18)12-10(14)11(9(2)3)16-17-12/h9H,4-8,14H2,1-3H3,(H,15,18)(H,16,17). The highest BCUT2D eigenvalue weighted by molar-refractivity contribution is 5.97. The molecule has 0 atom stereocenters. The van der Waals surface area contributed by atoms with E-state index in [4.69, 9.17) is 10.5 Å². The van der Waals surface area contributed by atoms with E-state index in [-0.39, 0.29) is 17.5 Å². The second-order valence-electron chi connectivity index (χ2n) is 4.78. The fourth-order valence-electron chi connectivity index (χ4n) is 1.65. The van der Waals surface area contributed by atoms with Crippen LogP contribution in [-0.2, 0) is 4.74 Å². The molecule has 0 unspecified atom stereocenters. The third-order valence-electron chi connectivity index (χ3n) is 2.80. The summed E-state index contributed by atoms with van der Waals surface area (Å²) >= 11 is 0. The summed E-state index contributed by atoms with van der Waals surface area (Å²) in [5.41, 5.74) is 7.38. The van der Waals surface area contributed by atoms with Crippen LogP contribution in [0.15, 0.2) is 0 Å². The quantitative estimate of drug-likeness (QED) is 0.625.